The van der Waals surface area contributed by atoms with Crippen LogP contribution in [0.2, 0.25) is 0 Å². The van der Waals surface area contributed by atoms with Crippen molar-refractivity contribution >= 4 is 11.9 Å². The molecular formula is C27H44O4. The highest BCUT2D eigenvalue weighted by molar-refractivity contribution is 6.03. The van der Waals surface area contributed by atoms with Crippen molar-refractivity contribution in [3.63, 3.8) is 0 Å². The van der Waals surface area contributed by atoms with Crippen molar-refractivity contribution in [3.05, 3.63) is 35.4 Å². The molecule has 1 aromatic rings. The standard InChI is InChI=1S/C27H44O4/c1-22(2)16-10-6-5-8-14-20-30-26(28)24-18-12-13-19-25(24)27(29)31-21-15-9-7-11-17-23(3)4/h12-13,18-19,22-23H,5-11,14-17,20-21H2,1-4H3. The average molecular weight is 433 g/mol. The number of hydrogen-bond acceptors (Lipinski definition) is 4. The third kappa shape index (κ3) is 13.2. The van der Waals surface area contributed by atoms with E-state index in [-0.39, 0.29) is 0 Å². The summed E-state index contributed by atoms with van der Waals surface area (Å²) in [4.78, 5) is 24.9. The number of ether oxygens (including phenoxy) is 2. The highest BCUT2D eigenvalue weighted by Crippen LogP contribution is 2.15. The lowest BCUT2D eigenvalue weighted by atomic mass is 10.0. The van der Waals surface area contributed by atoms with Gasteiger partial charge in [0, 0.05) is 0 Å². The summed E-state index contributed by atoms with van der Waals surface area (Å²) in [6.07, 6.45) is 12.4. The van der Waals surface area contributed by atoms with E-state index in [9.17, 15) is 9.59 Å². The lowest BCUT2D eigenvalue weighted by molar-refractivity contribution is 0.0450. The third-order valence-corrected chi connectivity index (χ3v) is 5.43. The second-order valence-electron chi connectivity index (χ2n) is 9.36. The number of carbonyl (C=O) groups excluding carboxylic acids is 2. The molecule has 176 valence electrons. The Morgan fingerprint density at radius 2 is 0.968 bits per heavy atom. The van der Waals surface area contributed by atoms with E-state index >= 15 is 0 Å². The summed E-state index contributed by atoms with van der Waals surface area (Å²) in [7, 11) is 0. The molecule has 0 atom stereocenters. The lowest BCUT2D eigenvalue weighted by Crippen LogP contribution is -2.15. The van der Waals surface area contributed by atoms with Gasteiger partial charge in [0.15, 0.2) is 0 Å². The average Bonchev–Trinajstić information content (AvgIpc) is 2.74. The first-order valence-corrected chi connectivity index (χ1v) is 12.3. The van der Waals surface area contributed by atoms with Crippen molar-refractivity contribution in [1.82, 2.24) is 0 Å². The van der Waals surface area contributed by atoms with E-state index < -0.39 is 11.9 Å². The second-order valence-corrected chi connectivity index (χ2v) is 9.36. The minimum Gasteiger partial charge on any atom is -0.462 e. The van der Waals surface area contributed by atoms with E-state index in [0.717, 1.165) is 43.9 Å². The molecule has 0 amide bonds. The van der Waals surface area contributed by atoms with Gasteiger partial charge in [-0.3, -0.25) is 0 Å². The van der Waals surface area contributed by atoms with Crippen molar-refractivity contribution in [3.8, 4) is 0 Å². The fraction of sp³-hybridized carbons (Fsp3) is 0.704. The molecule has 0 fully saturated rings. The van der Waals surface area contributed by atoms with Crippen LogP contribution >= 0.6 is 0 Å². The molecule has 0 aliphatic heterocycles. The highest BCUT2D eigenvalue weighted by atomic mass is 16.5. The highest BCUT2D eigenvalue weighted by Gasteiger charge is 2.18. The Balaban J connectivity index is 2.29. The smallest absolute Gasteiger partial charge is 0.339 e. The van der Waals surface area contributed by atoms with Gasteiger partial charge in [-0.15, -0.1) is 0 Å². The first-order valence-electron chi connectivity index (χ1n) is 12.3. The molecule has 4 heteroatoms. The van der Waals surface area contributed by atoms with Gasteiger partial charge in [0.25, 0.3) is 0 Å². The van der Waals surface area contributed by atoms with Crippen LogP contribution in [0, 0.1) is 11.8 Å². The maximum absolute atomic E-state index is 12.5. The molecule has 0 N–H and O–H groups in total. The Kier molecular flexibility index (Phi) is 14.7. The quantitative estimate of drug-likeness (QED) is 0.188. The maximum Gasteiger partial charge on any atom is 0.339 e. The minimum absolute atomic E-state index is 0.293. The molecule has 1 rings (SSSR count). The molecule has 0 spiro atoms. The van der Waals surface area contributed by atoms with Crippen LogP contribution < -0.4 is 0 Å². The topological polar surface area (TPSA) is 52.6 Å². The van der Waals surface area contributed by atoms with Crippen LogP contribution in [0.1, 0.15) is 119 Å². The van der Waals surface area contributed by atoms with Crippen LogP contribution in [0.15, 0.2) is 24.3 Å². The van der Waals surface area contributed by atoms with E-state index in [1.807, 2.05) is 0 Å². The third-order valence-electron chi connectivity index (χ3n) is 5.43. The Bertz CT molecular complexity index is 621. The maximum atomic E-state index is 12.5. The minimum atomic E-state index is -0.445. The SMILES string of the molecule is CC(C)CCCCCCCOC(=O)c1ccccc1C(=O)OCCCCCCC(C)C. The van der Waals surface area contributed by atoms with E-state index in [0.29, 0.717) is 24.3 Å². The zero-order valence-corrected chi connectivity index (χ0v) is 20.3. The molecule has 0 aliphatic rings. The summed E-state index contributed by atoms with van der Waals surface area (Å²) in [5.41, 5.74) is 0.586. The van der Waals surface area contributed by atoms with E-state index in [1.54, 1.807) is 24.3 Å². The van der Waals surface area contributed by atoms with Gasteiger partial charge in [0.05, 0.1) is 24.3 Å². The molecular weight excluding hydrogens is 388 g/mol. The van der Waals surface area contributed by atoms with Crippen molar-refractivity contribution in [2.75, 3.05) is 13.2 Å². The van der Waals surface area contributed by atoms with Crippen LogP contribution in [0.5, 0.6) is 0 Å². The summed E-state index contributed by atoms with van der Waals surface area (Å²) < 4.78 is 10.8. The fourth-order valence-electron chi connectivity index (χ4n) is 3.52. The Hall–Kier alpha value is -1.84. The predicted molar refractivity (Wildman–Crippen MR) is 127 cm³/mol. The molecule has 31 heavy (non-hydrogen) atoms. The van der Waals surface area contributed by atoms with Gasteiger partial charge in [-0.1, -0.05) is 97.6 Å². The first-order chi connectivity index (χ1) is 14.9. The molecule has 4 nitrogen and oxygen atoms in total. The van der Waals surface area contributed by atoms with Crippen molar-refractivity contribution in [1.29, 1.82) is 0 Å². The van der Waals surface area contributed by atoms with Gasteiger partial charge in [-0.05, 0) is 36.8 Å². The first kappa shape index (κ1) is 27.2. The number of carbonyl (C=O) groups is 2. The largest absolute Gasteiger partial charge is 0.462 e. The summed E-state index contributed by atoms with van der Waals surface area (Å²) in [5, 5.41) is 0. The van der Waals surface area contributed by atoms with Gasteiger partial charge < -0.3 is 9.47 Å². The number of esters is 2. The van der Waals surface area contributed by atoms with Crippen LogP contribution in [0.25, 0.3) is 0 Å². The van der Waals surface area contributed by atoms with E-state index in [1.165, 1.54) is 38.5 Å². The molecule has 0 radical (unpaired) electrons. The normalized spacial score (nSPS) is 11.2. The predicted octanol–water partition coefficient (Wildman–Crippen LogP) is 7.60. The van der Waals surface area contributed by atoms with E-state index in [4.69, 9.17) is 9.47 Å². The Labute approximate surface area is 190 Å². The molecule has 0 aromatic heterocycles. The van der Waals surface area contributed by atoms with Crippen LogP contribution in [0.4, 0.5) is 0 Å². The van der Waals surface area contributed by atoms with Gasteiger partial charge in [-0.2, -0.15) is 0 Å². The molecule has 0 saturated heterocycles. The summed E-state index contributed by atoms with van der Waals surface area (Å²) in [5.74, 6) is 0.618. The zero-order chi connectivity index (χ0) is 22.9. The molecule has 0 heterocycles. The number of benzene rings is 1. The number of rotatable bonds is 17. The second kappa shape index (κ2) is 16.8. The van der Waals surface area contributed by atoms with Crippen molar-refractivity contribution < 1.29 is 19.1 Å². The van der Waals surface area contributed by atoms with E-state index in [2.05, 4.69) is 27.7 Å². The Morgan fingerprint density at radius 3 is 1.35 bits per heavy atom. The molecule has 0 aliphatic carbocycles. The van der Waals surface area contributed by atoms with Crippen molar-refractivity contribution in [2.24, 2.45) is 11.8 Å². The fourth-order valence-corrected chi connectivity index (χ4v) is 3.52. The molecule has 0 bridgehead atoms. The van der Waals surface area contributed by atoms with Gasteiger partial charge in [-0.25, -0.2) is 9.59 Å². The zero-order valence-electron chi connectivity index (χ0n) is 20.3. The molecule has 0 saturated carbocycles. The summed E-state index contributed by atoms with van der Waals surface area (Å²) >= 11 is 0. The van der Waals surface area contributed by atoms with Gasteiger partial charge >= 0.3 is 11.9 Å². The van der Waals surface area contributed by atoms with Crippen molar-refractivity contribution in [2.45, 2.75) is 98.3 Å². The summed E-state index contributed by atoms with van der Waals surface area (Å²) in [6, 6.07) is 6.76. The van der Waals surface area contributed by atoms with Gasteiger partial charge in [0.1, 0.15) is 0 Å². The van der Waals surface area contributed by atoms with Crippen LogP contribution in [0.3, 0.4) is 0 Å². The Morgan fingerprint density at radius 1 is 0.613 bits per heavy atom. The monoisotopic (exact) mass is 432 g/mol. The molecule has 1 aromatic carbocycles. The molecule has 0 unspecified atom stereocenters. The lowest BCUT2D eigenvalue weighted by Gasteiger charge is -2.10. The number of hydrogen-bond donors (Lipinski definition) is 0. The number of unbranched alkanes of at least 4 members (excludes halogenated alkanes) is 7. The summed E-state index contributed by atoms with van der Waals surface area (Å²) in [6.45, 7) is 9.76. The van der Waals surface area contributed by atoms with Crippen LogP contribution in [-0.4, -0.2) is 25.2 Å². The van der Waals surface area contributed by atoms with Crippen LogP contribution in [-0.2, 0) is 9.47 Å². The van der Waals surface area contributed by atoms with Gasteiger partial charge in [0.2, 0.25) is 0 Å².